The molecule has 0 amide bonds. The molecule has 2 aromatic rings. The number of hydrogen-bond donors (Lipinski definition) is 1. The first-order valence-electron chi connectivity index (χ1n) is 9.38. The molecule has 1 unspecified atom stereocenters. The Balaban J connectivity index is 1.92. The van der Waals surface area contributed by atoms with Crippen LogP contribution < -0.4 is 5.73 Å². The third-order valence-corrected chi connectivity index (χ3v) is 5.24. The van der Waals surface area contributed by atoms with Gasteiger partial charge in [-0.1, -0.05) is 0 Å². The Morgan fingerprint density at radius 2 is 1.90 bits per heavy atom. The van der Waals surface area contributed by atoms with Gasteiger partial charge < -0.3 is 29.0 Å². The largest absolute Gasteiger partial charge is 0.510 e. The number of anilines is 1. The van der Waals surface area contributed by atoms with Gasteiger partial charge in [0.2, 0.25) is 6.79 Å². The second-order valence-electron chi connectivity index (χ2n) is 7.01. The van der Waals surface area contributed by atoms with Crippen LogP contribution in [0.4, 0.5) is 10.6 Å². The third-order valence-electron chi connectivity index (χ3n) is 3.53. The van der Waals surface area contributed by atoms with E-state index in [0.29, 0.717) is 17.7 Å². The summed E-state index contributed by atoms with van der Waals surface area (Å²) in [6.07, 6.45) is 0.532. The summed E-state index contributed by atoms with van der Waals surface area (Å²) in [7, 11) is -3.69. The summed E-state index contributed by atoms with van der Waals surface area (Å²) >= 11 is 0. The lowest BCUT2D eigenvalue weighted by atomic mass is 10.4. The maximum absolute atomic E-state index is 12.9. The van der Waals surface area contributed by atoms with E-state index in [1.165, 1.54) is 6.33 Å². The molecule has 0 spiro atoms. The highest BCUT2D eigenvalue weighted by Crippen LogP contribution is 2.49. The number of carbonyl (C=O) groups is 1. The van der Waals surface area contributed by atoms with Crippen molar-refractivity contribution >= 4 is 30.7 Å². The lowest BCUT2D eigenvalue weighted by molar-refractivity contribution is -0.0199. The van der Waals surface area contributed by atoms with E-state index in [1.54, 1.807) is 45.5 Å². The topological polar surface area (TPSA) is 150 Å². The zero-order valence-corrected chi connectivity index (χ0v) is 18.6. The molecule has 0 saturated carbocycles. The van der Waals surface area contributed by atoms with E-state index in [1.807, 2.05) is 0 Å². The second-order valence-corrected chi connectivity index (χ2v) is 8.96. The molecule has 0 aliphatic heterocycles. The van der Waals surface area contributed by atoms with Crippen LogP contribution in [-0.2, 0) is 34.4 Å². The minimum Gasteiger partial charge on any atom is -0.432 e. The number of ether oxygens (including phenoxy) is 3. The number of nitrogen functional groups attached to an aromatic ring is 1. The average Bonchev–Trinajstić information content (AvgIpc) is 3.03. The van der Waals surface area contributed by atoms with E-state index < -0.39 is 32.8 Å². The molecule has 168 valence electrons. The zero-order chi connectivity index (χ0) is 22.3. The number of fused-ring (bicyclic) bond motifs is 1. The molecule has 12 nitrogen and oxygen atoms in total. The molecule has 0 radical (unpaired) electrons. The van der Waals surface area contributed by atoms with Crippen LogP contribution in [0.15, 0.2) is 12.7 Å². The van der Waals surface area contributed by atoms with E-state index in [0.717, 1.165) is 0 Å². The van der Waals surface area contributed by atoms with E-state index in [2.05, 4.69) is 15.0 Å². The summed E-state index contributed by atoms with van der Waals surface area (Å²) in [6, 6.07) is 0. The monoisotopic (exact) mass is 445 g/mol. The maximum atomic E-state index is 12.9. The van der Waals surface area contributed by atoms with Gasteiger partial charge in [-0.05, 0) is 34.6 Å². The van der Waals surface area contributed by atoms with Crippen LogP contribution in [0.1, 0.15) is 34.6 Å². The minimum absolute atomic E-state index is 0.284. The number of nitrogens with two attached hydrogens (primary N) is 1. The van der Waals surface area contributed by atoms with Crippen LogP contribution in [0.3, 0.4) is 0 Å². The normalized spacial score (nSPS) is 14.8. The van der Waals surface area contributed by atoms with Gasteiger partial charge in [-0.15, -0.1) is 0 Å². The summed E-state index contributed by atoms with van der Waals surface area (Å²) in [5, 5.41) is 0. The number of rotatable bonds is 11. The van der Waals surface area contributed by atoms with Crippen molar-refractivity contribution in [2.45, 2.75) is 59.5 Å². The van der Waals surface area contributed by atoms with Crippen LogP contribution >= 0.6 is 7.60 Å². The molecule has 13 heteroatoms. The van der Waals surface area contributed by atoms with Crippen molar-refractivity contribution < 1.29 is 32.6 Å². The first-order valence-corrected chi connectivity index (χ1v) is 11.1. The number of nitrogens with zero attached hydrogens (tertiary/aromatic N) is 4. The molecule has 30 heavy (non-hydrogen) atoms. The summed E-state index contributed by atoms with van der Waals surface area (Å²) in [6.45, 7) is 8.32. The fourth-order valence-corrected chi connectivity index (χ4v) is 3.87. The van der Waals surface area contributed by atoms with Gasteiger partial charge in [0.15, 0.2) is 11.5 Å². The molecule has 0 bridgehead atoms. The van der Waals surface area contributed by atoms with Crippen molar-refractivity contribution in [1.29, 1.82) is 0 Å². The smallest absolute Gasteiger partial charge is 0.432 e. The van der Waals surface area contributed by atoms with Crippen LogP contribution in [0.2, 0.25) is 0 Å². The number of imidazole rings is 1. The Morgan fingerprint density at radius 1 is 1.17 bits per heavy atom. The number of aromatic nitrogens is 4. The number of carbonyl (C=O) groups excluding carboxylic acids is 1. The van der Waals surface area contributed by atoms with Gasteiger partial charge in [0.25, 0.3) is 0 Å². The number of hydrogen-bond acceptors (Lipinski definition) is 11. The van der Waals surface area contributed by atoms with Crippen LogP contribution in [0.25, 0.3) is 11.2 Å². The van der Waals surface area contributed by atoms with Crippen LogP contribution in [0.5, 0.6) is 0 Å². The van der Waals surface area contributed by atoms with Crippen molar-refractivity contribution in [3.63, 3.8) is 0 Å². The molecule has 2 N–H and O–H groups in total. The molecule has 2 atom stereocenters. The summed E-state index contributed by atoms with van der Waals surface area (Å²) in [5.74, 6) is 0.284. The summed E-state index contributed by atoms with van der Waals surface area (Å²) < 4.78 is 40.5. The molecule has 2 rings (SSSR count). The Labute approximate surface area is 174 Å². The van der Waals surface area contributed by atoms with Crippen molar-refractivity contribution in [2.75, 3.05) is 18.9 Å². The van der Waals surface area contributed by atoms with Gasteiger partial charge in [-0.25, -0.2) is 19.7 Å². The molecule has 2 heterocycles. The van der Waals surface area contributed by atoms with Gasteiger partial charge in [-0.3, -0.25) is 9.09 Å². The molecular formula is C17H28N5O7P. The highest BCUT2D eigenvalue weighted by atomic mass is 31.2. The molecular weight excluding hydrogens is 417 g/mol. The van der Waals surface area contributed by atoms with Crippen LogP contribution in [-0.4, -0.2) is 57.1 Å². The van der Waals surface area contributed by atoms with Gasteiger partial charge in [0.05, 0.1) is 31.2 Å². The summed E-state index contributed by atoms with van der Waals surface area (Å²) in [5.41, 5.74) is 6.84. The van der Waals surface area contributed by atoms with E-state index >= 15 is 0 Å². The summed E-state index contributed by atoms with van der Waals surface area (Å²) in [4.78, 5) is 23.7. The third kappa shape index (κ3) is 7.21. The highest BCUT2D eigenvalue weighted by molar-refractivity contribution is 7.53. The Hall–Kier alpha value is -2.27. The van der Waals surface area contributed by atoms with Crippen LogP contribution in [0, 0.1) is 0 Å². The van der Waals surface area contributed by atoms with Gasteiger partial charge in [0.1, 0.15) is 18.2 Å². The van der Waals surface area contributed by atoms with E-state index in [-0.39, 0.29) is 18.3 Å². The van der Waals surface area contributed by atoms with E-state index in [9.17, 15) is 9.36 Å². The highest BCUT2D eigenvalue weighted by Gasteiger charge is 2.29. The molecule has 0 fully saturated rings. The quantitative estimate of drug-likeness (QED) is 0.309. The minimum atomic E-state index is -3.69. The Morgan fingerprint density at radius 3 is 2.57 bits per heavy atom. The Kier molecular flexibility index (Phi) is 8.54. The first-order chi connectivity index (χ1) is 14.1. The first kappa shape index (κ1) is 24.0. The second kappa shape index (κ2) is 10.7. The lowest BCUT2D eigenvalue weighted by Crippen LogP contribution is -2.20. The SMILES string of the molecule is CC(C)OC(=O)OCOP(=O)(CO[C@H](C)Cn1cnc2c(N)ncnc21)OC(C)C. The average molecular weight is 445 g/mol. The molecule has 0 aliphatic carbocycles. The van der Waals surface area contributed by atoms with Gasteiger partial charge in [0, 0.05) is 0 Å². The standard InChI is InChI=1S/C17H28N5O7P/c1-11(2)28-17(23)25-9-27-30(24,29-12(3)4)10-26-13(5)6-22-8-21-14-15(18)19-7-20-16(14)22/h7-8,11-13H,6,9-10H2,1-5H3,(H2,18,19,20)/t13-,30?/m1/s1. The Bertz CT molecular complexity index is 889. The van der Waals surface area contributed by atoms with Gasteiger partial charge >= 0.3 is 13.8 Å². The molecule has 0 aliphatic rings. The van der Waals surface area contributed by atoms with Crippen molar-refractivity contribution in [3.05, 3.63) is 12.7 Å². The van der Waals surface area contributed by atoms with Crippen molar-refractivity contribution in [2.24, 2.45) is 0 Å². The van der Waals surface area contributed by atoms with Crippen molar-refractivity contribution in [1.82, 2.24) is 19.5 Å². The predicted octanol–water partition coefficient (Wildman–Crippen LogP) is 2.92. The fraction of sp³-hybridized carbons (Fsp3) is 0.647. The molecule has 2 aromatic heterocycles. The molecule has 0 saturated heterocycles. The predicted molar refractivity (Wildman–Crippen MR) is 108 cm³/mol. The van der Waals surface area contributed by atoms with Crippen molar-refractivity contribution in [3.8, 4) is 0 Å². The lowest BCUT2D eigenvalue weighted by Gasteiger charge is -2.22. The van der Waals surface area contributed by atoms with E-state index in [4.69, 9.17) is 29.0 Å². The fourth-order valence-electron chi connectivity index (χ4n) is 2.38. The zero-order valence-electron chi connectivity index (χ0n) is 17.7. The van der Waals surface area contributed by atoms with Gasteiger partial charge in [-0.2, -0.15) is 0 Å². The maximum Gasteiger partial charge on any atom is 0.510 e. The molecule has 0 aromatic carbocycles.